The fourth-order valence-electron chi connectivity index (χ4n) is 2.39. The summed E-state index contributed by atoms with van der Waals surface area (Å²) < 4.78 is 2.09. The Hall–Kier alpha value is -1.39. The quantitative estimate of drug-likeness (QED) is 0.839. The van der Waals surface area contributed by atoms with Gasteiger partial charge in [-0.25, -0.2) is 4.98 Å². The van der Waals surface area contributed by atoms with E-state index in [0.717, 1.165) is 37.5 Å². The maximum atomic E-state index is 4.64. The molecule has 0 bridgehead atoms. The van der Waals surface area contributed by atoms with Crippen molar-refractivity contribution in [1.82, 2.24) is 19.6 Å². The zero-order valence-corrected chi connectivity index (χ0v) is 10.1. The van der Waals surface area contributed by atoms with Crippen molar-refractivity contribution < 1.29 is 0 Å². The van der Waals surface area contributed by atoms with Crippen LogP contribution in [0.25, 0.3) is 5.65 Å². The molecular formula is C13H18N4. The van der Waals surface area contributed by atoms with Crippen LogP contribution >= 0.6 is 0 Å². The molecule has 1 N–H and O–H groups in total. The predicted molar refractivity (Wildman–Crippen MR) is 67.9 cm³/mol. The van der Waals surface area contributed by atoms with Gasteiger partial charge in [0.25, 0.3) is 0 Å². The van der Waals surface area contributed by atoms with Crippen LogP contribution in [0.4, 0.5) is 0 Å². The van der Waals surface area contributed by atoms with Crippen LogP contribution in [0.2, 0.25) is 0 Å². The average Bonchev–Trinajstić information content (AvgIpc) is 2.74. The number of hydrogen-bond acceptors (Lipinski definition) is 3. The van der Waals surface area contributed by atoms with Gasteiger partial charge in [0.05, 0.1) is 5.69 Å². The summed E-state index contributed by atoms with van der Waals surface area (Å²) in [7, 11) is 0. The lowest BCUT2D eigenvalue weighted by Crippen LogP contribution is -2.49. The Morgan fingerprint density at radius 2 is 2.41 bits per heavy atom. The van der Waals surface area contributed by atoms with E-state index in [0.29, 0.717) is 6.04 Å². The predicted octanol–water partition coefficient (Wildman–Crippen LogP) is 1.13. The molecule has 17 heavy (non-hydrogen) atoms. The van der Waals surface area contributed by atoms with Crippen LogP contribution in [0.5, 0.6) is 0 Å². The lowest BCUT2D eigenvalue weighted by Gasteiger charge is -2.33. The normalized spacial score (nSPS) is 22.1. The van der Waals surface area contributed by atoms with Crippen molar-refractivity contribution in [3.8, 4) is 0 Å². The number of rotatable bonds is 2. The molecule has 1 aliphatic heterocycles. The summed E-state index contributed by atoms with van der Waals surface area (Å²) in [6.07, 6.45) is 4.18. The third-order valence-corrected chi connectivity index (χ3v) is 3.42. The molecule has 1 atom stereocenters. The highest BCUT2D eigenvalue weighted by atomic mass is 15.2. The summed E-state index contributed by atoms with van der Waals surface area (Å²) in [6.45, 7) is 6.48. The molecule has 0 saturated carbocycles. The Morgan fingerprint density at radius 3 is 3.24 bits per heavy atom. The Labute approximate surface area is 101 Å². The van der Waals surface area contributed by atoms with Crippen LogP contribution in [-0.2, 0) is 6.54 Å². The van der Waals surface area contributed by atoms with Gasteiger partial charge in [0.2, 0.25) is 0 Å². The summed E-state index contributed by atoms with van der Waals surface area (Å²) in [5.41, 5.74) is 2.19. The molecule has 1 saturated heterocycles. The van der Waals surface area contributed by atoms with E-state index in [4.69, 9.17) is 0 Å². The van der Waals surface area contributed by atoms with Gasteiger partial charge < -0.3 is 9.72 Å². The first-order valence-electron chi connectivity index (χ1n) is 6.20. The highest BCUT2D eigenvalue weighted by Gasteiger charge is 2.18. The first-order valence-corrected chi connectivity index (χ1v) is 6.20. The highest BCUT2D eigenvalue weighted by Crippen LogP contribution is 2.10. The second-order valence-electron chi connectivity index (χ2n) is 4.72. The number of nitrogens with zero attached hydrogens (tertiary/aromatic N) is 3. The Morgan fingerprint density at radius 1 is 1.47 bits per heavy atom. The van der Waals surface area contributed by atoms with Crippen molar-refractivity contribution in [3.63, 3.8) is 0 Å². The zero-order chi connectivity index (χ0) is 11.7. The second kappa shape index (κ2) is 4.47. The molecule has 90 valence electrons. The summed E-state index contributed by atoms with van der Waals surface area (Å²) >= 11 is 0. The zero-order valence-electron chi connectivity index (χ0n) is 10.1. The van der Waals surface area contributed by atoms with Gasteiger partial charge in [0.1, 0.15) is 5.65 Å². The fraction of sp³-hybridized carbons (Fsp3) is 0.462. The molecule has 1 fully saturated rings. The molecule has 1 aliphatic rings. The minimum atomic E-state index is 0.591. The third-order valence-electron chi connectivity index (χ3n) is 3.42. The van der Waals surface area contributed by atoms with E-state index < -0.39 is 0 Å². The Bertz CT molecular complexity index is 472. The van der Waals surface area contributed by atoms with Crippen LogP contribution in [0, 0.1) is 0 Å². The minimum Gasteiger partial charge on any atom is -0.314 e. The van der Waals surface area contributed by atoms with Gasteiger partial charge in [0.15, 0.2) is 0 Å². The van der Waals surface area contributed by atoms with Crippen LogP contribution in [-0.4, -0.2) is 40.0 Å². The molecule has 0 radical (unpaired) electrons. The van der Waals surface area contributed by atoms with Gasteiger partial charge in [-0.1, -0.05) is 6.07 Å². The van der Waals surface area contributed by atoms with Crippen molar-refractivity contribution in [2.45, 2.75) is 19.5 Å². The standard InChI is InChI=1S/C13H18N4/c1-11-8-14-5-7-16(11)9-12-10-17-6-3-2-4-13(17)15-12/h2-4,6,10-11,14H,5,7-9H2,1H3/t11-/m1/s1. The van der Waals surface area contributed by atoms with E-state index in [1.165, 1.54) is 0 Å². The summed E-state index contributed by atoms with van der Waals surface area (Å²) in [5.74, 6) is 0. The van der Waals surface area contributed by atoms with E-state index in [1.807, 2.05) is 24.4 Å². The number of imidazole rings is 1. The van der Waals surface area contributed by atoms with Gasteiger partial charge >= 0.3 is 0 Å². The number of fused-ring (bicyclic) bond motifs is 1. The monoisotopic (exact) mass is 230 g/mol. The van der Waals surface area contributed by atoms with Crippen molar-refractivity contribution >= 4 is 5.65 Å². The highest BCUT2D eigenvalue weighted by molar-refractivity contribution is 5.39. The summed E-state index contributed by atoms with van der Waals surface area (Å²) in [6, 6.07) is 6.70. The first-order chi connectivity index (χ1) is 8.33. The molecule has 2 aromatic rings. The molecule has 0 amide bonds. The topological polar surface area (TPSA) is 32.6 Å². The second-order valence-corrected chi connectivity index (χ2v) is 4.72. The van der Waals surface area contributed by atoms with Gasteiger partial charge in [-0.2, -0.15) is 0 Å². The first kappa shape index (κ1) is 10.7. The number of aromatic nitrogens is 2. The average molecular weight is 230 g/mol. The van der Waals surface area contributed by atoms with Gasteiger partial charge in [-0.15, -0.1) is 0 Å². The van der Waals surface area contributed by atoms with Gasteiger partial charge in [-0.3, -0.25) is 4.90 Å². The Balaban J connectivity index is 1.79. The molecule has 0 spiro atoms. The third kappa shape index (κ3) is 2.18. The van der Waals surface area contributed by atoms with E-state index in [9.17, 15) is 0 Å². The molecule has 3 heterocycles. The van der Waals surface area contributed by atoms with Crippen LogP contribution in [0.3, 0.4) is 0 Å². The maximum Gasteiger partial charge on any atom is 0.137 e. The lowest BCUT2D eigenvalue weighted by atomic mass is 10.2. The SMILES string of the molecule is C[C@@H]1CNCCN1Cc1cn2ccccc2n1. The summed E-state index contributed by atoms with van der Waals surface area (Å²) in [5, 5.41) is 3.41. The molecule has 4 nitrogen and oxygen atoms in total. The molecule has 0 unspecified atom stereocenters. The largest absolute Gasteiger partial charge is 0.314 e. The van der Waals surface area contributed by atoms with Crippen molar-refractivity contribution in [1.29, 1.82) is 0 Å². The molecule has 3 rings (SSSR count). The van der Waals surface area contributed by atoms with Crippen LogP contribution in [0.15, 0.2) is 30.6 Å². The van der Waals surface area contributed by atoms with E-state index in [1.54, 1.807) is 0 Å². The number of piperazine rings is 1. The van der Waals surface area contributed by atoms with Crippen LogP contribution in [0.1, 0.15) is 12.6 Å². The number of hydrogen-bond donors (Lipinski definition) is 1. The summed E-state index contributed by atoms with van der Waals surface area (Å²) in [4.78, 5) is 7.13. The Kier molecular flexibility index (Phi) is 2.82. The smallest absolute Gasteiger partial charge is 0.137 e. The van der Waals surface area contributed by atoms with Crippen LogP contribution < -0.4 is 5.32 Å². The molecular weight excluding hydrogens is 212 g/mol. The molecule has 0 aromatic carbocycles. The van der Waals surface area contributed by atoms with E-state index in [-0.39, 0.29) is 0 Å². The lowest BCUT2D eigenvalue weighted by molar-refractivity contribution is 0.164. The number of pyridine rings is 1. The molecule has 4 heteroatoms. The van der Waals surface area contributed by atoms with Gasteiger partial charge in [0, 0.05) is 44.6 Å². The fourth-order valence-corrected chi connectivity index (χ4v) is 2.39. The van der Waals surface area contributed by atoms with Gasteiger partial charge in [-0.05, 0) is 19.1 Å². The maximum absolute atomic E-state index is 4.64. The van der Waals surface area contributed by atoms with Crippen molar-refractivity contribution in [2.75, 3.05) is 19.6 Å². The number of nitrogens with one attached hydrogen (secondary N) is 1. The molecule has 0 aliphatic carbocycles. The van der Waals surface area contributed by atoms with Crippen molar-refractivity contribution in [2.24, 2.45) is 0 Å². The van der Waals surface area contributed by atoms with Crippen molar-refractivity contribution in [3.05, 3.63) is 36.3 Å². The molecule has 2 aromatic heterocycles. The minimum absolute atomic E-state index is 0.591. The van der Waals surface area contributed by atoms with E-state index >= 15 is 0 Å². The van der Waals surface area contributed by atoms with E-state index in [2.05, 4.69) is 32.7 Å².